The van der Waals surface area contributed by atoms with Crippen molar-refractivity contribution in [3.8, 4) is 5.75 Å². The van der Waals surface area contributed by atoms with Gasteiger partial charge in [-0.1, -0.05) is 12.1 Å². The molecule has 0 bridgehead atoms. The van der Waals surface area contributed by atoms with Gasteiger partial charge in [-0.2, -0.15) is 13.2 Å². The molecular formula is C14H17ClF4N2O2. The summed E-state index contributed by atoms with van der Waals surface area (Å²) in [5.41, 5.74) is 0. The van der Waals surface area contributed by atoms with E-state index >= 15 is 0 Å². The predicted molar refractivity (Wildman–Crippen MR) is 78.2 cm³/mol. The highest BCUT2D eigenvalue weighted by Crippen LogP contribution is 2.18. The summed E-state index contributed by atoms with van der Waals surface area (Å²) in [5.74, 6) is -0.952. The van der Waals surface area contributed by atoms with Crippen molar-refractivity contribution in [2.45, 2.75) is 6.18 Å². The average Bonchev–Trinajstić information content (AvgIpc) is 2.45. The third-order valence-electron chi connectivity index (χ3n) is 3.32. The second kappa shape index (κ2) is 8.35. The Morgan fingerprint density at radius 1 is 1.13 bits per heavy atom. The van der Waals surface area contributed by atoms with Crippen molar-refractivity contribution in [2.24, 2.45) is 0 Å². The number of amides is 1. The van der Waals surface area contributed by atoms with Crippen LogP contribution in [0.5, 0.6) is 5.75 Å². The van der Waals surface area contributed by atoms with Gasteiger partial charge < -0.3 is 9.64 Å². The van der Waals surface area contributed by atoms with E-state index in [4.69, 9.17) is 4.74 Å². The van der Waals surface area contributed by atoms with E-state index in [9.17, 15) is 22.4 Å². The van der Waals surface area contributed by atoms with Crippen molar-refractivity contribution in [2.75, 3.05) is 39.3 Å². The lowest BCUT2D eigenvalue weighted by molar-refractivity contribution is -0.152. The molecule has 0 aromatic heterocycles. The monoisotopic (exact) mass is 356 g/mol. The third-order valence-corrected chi connectivity index (χ3v) is 3.32. The van der Waals surface area contributed by atoms with Crippen molar-refractivity contribution in [3.63, 3.8) is 0 Å². The van der Waals surface area contributed by atoms with Crippen LogP contribution in [0.2, 0.25) is 0 Å². The summed E-state index contributed by atoms with van der Waals surface area (Å²) in [4.78, 5) is 14.6. The molecule has 1 aromatic rings. The largest absolute Gasteiger partial charge is 0.481 e. The quantitative estimate of drug-likeness (QED) is 0.776. The summed E-state index contributed by atoms with van der Waals surface area (Å²) in [6.45, 7) is -0.581. The van der Waals surface area contributed by atoms with Gasteiger partial charge in [-0.3, -0.25) is 9.69 Å². The number of benzene rings is 1. The van der Waals surface area contributed by atoms with Crippen molar-refractivity contribution in [3.05, 3.63) is 30.1 Å². The number of piperazine rings is 1. The molecule has 1 aliphatic rings. The van der Waals surface area contributed by atoms with Crippen LogP contribution in [0, 0.1) is 5.82 Å². The van der Waals surface area contributed by atoms with Gasteiger partial charge in [-0.05, 0) is 12.1 Å². The SMILES string of the molecule is Cl.O=C(COc1ccccc1F)N1CCN(CC(F)(F)F)CC1. The van der Waals surface area contributed by atoms with Crippen LogP contribution < -0.4 is 4.74 Å². The van der Waals surface area contributed by atoms with E-state index in [1.807, 2.05) is 0 Å². The summed E-state index contributed by atoms with van der Waals surface area (Å²) in [6, 6.07) is 5.71. The van der Waals surface area contributed by atoms with Gasteiger partial charge in [0.2, 0.25) is 0 Å². The van der Waals surface area contributed by atoms with E-state index in [1.54, 1.807) is 6.07 Å². The normalized spacial score (nSPS) is 15.9. The topological polar surface area (TPSA) is 32.8 Å². The number of hydrogen-bond donors (Lipinski definition) is 0. The summed E-state index contributed by atoms with van der Waals surface area (Å²) in [6.07, 6.45) is -4.24. The molecule has 1 fully saturated rings. The Morgan fingerprint density at radius 2 is 1.74 bits per heavy atom. The molecule has 9 heteroatoms. The first-order chi connectivity index (χ1) is 10.3. The molecule has 0 N–H and O–H groups in total. The fourth-order valence-corrected chi connectivity index (χ4v) is 2.20. The first-order valence-electron chi connectivity index (χ1n) is 6.79. The summed E-state index contributed by atoms with van der Waals surface area (Å²) in [5, 5.41) is 0. The van der Waals surface area contributed by atoms with Crippen LogP contribution in [0.25, 0.3) is 0 Å². The number of carbonyl (C=O) groups excluding carboxylic acids is 1. The van der Waals surface area contributed by atoms with Crippen molar-refractivity contribution in [1.82, 2.24) is 9.80 Å². The third kappa shape index (κ3) is 6.23. The van der Waals surface area contributed by atoms with E-state index in [2.05, 4.69) is 0 Å². The van der Waals surface area contributed by atoms with Crippen molar-refractivity contribution < 1.29 is 27.1 Å². The number of halogens is 5. The molecule has 1 amide bonds. The maximum absolute atomic E-state index is 13.3. The highest BCUT2D eigenvalue weighted by Gasteiger charge is 2.32. The van der Waals surface area contributed by atoms with Crippen LogP contribution >= 0.6 is 12.4 Å². The average molecular weight is 357 g/mol. The second-order valence-corrected chi connectivity index (χ2v) is 4.99. The van der Waals surface area contributed by atoms with E-state index in [1.165, 1.54) is 28.0 Å². The zero-order valence-corrected chi connectivity index (χ0v) is 13.0. The van der Waals surface area contributed by atoms with Gasteiger partial charge in [-0.15, -0.1) is 12.4 Å². The Morgan fingerprint density at radius 3 is 2.30 bits per heavy atom. The van der Waals surface area contributed by atoms with Crippen LogP contribution in [-0.2, 0) is 4.79 Å². The fourth-order valence-electron chi connectivity index (χ4n) is 2.20. The van der Waals surface area contributed by atoms with E-state index < -0.39 is 18.5 Å². The Bertz CT molecular complexity index is 520. The Balaban J connectivity index is 0.00000264. The van der Waals surface area contributed by atoms with Crippen LogP contribution in [-0.4, -0.2) is 61.2 Å². The zero-order chi connectivity index (χ0) is 16.2. The Labute approximate surface area is 137 Å². The molecule has 1 aliphatic heterocycles. The lowest BCUT2D eigenvalue weighted by atomic mass is 10.3. The first-order valence-corrected chi connectivity index (χ1v) is 6.79. The van der Waals surface area contributed by atoms with Gasteiger partial charge in [-0.25, -0.2) is 4.39 Å². The number of alkyl halides is 3. The van der Waals surface area contributed by atoms with Crippen molar-refractivity contribution in [1.29, 1.82) is 0 Å². The molecule has 1 saturated heterocycles. The van der Waals surface area contributed by atoms with Gasteiger partial charge in [0.05, 0.1) is 6.54 Å². The molecule has 4 nitrogen and oxygen atoms in total. The fraction of sp³-hybridized carbons (Fsp3) is 0.500. The number of ether oxygens (including phenoxy) is 1. The van der Waals surface area contributed by atoms with E-state index in [0.29, 0.717) is 0 Å². The molecule has 23 heavy (non-hydrogen) atoms. The summed E-state index contributed by atoms with van der Waals surface area (Å²) >= 11 is 0. The van der Waals surface area contributed by atoms with Crippen molar-refractivity contribution >= 4 is 18.3 Å². The second-order valence-electron chi connectivity index (χ2n) is 4.99. The van der Waals surface area contributed by atoms with Crippen LogP contribution in [0.3, 0.4) is 0 Å². The molecular weight excluding hydrogens is 340 g/mol. The minimum atomic E-state index is -4.24. The maximum Gasteiger partial charge on any atom is 0.401 e. The number of hydrogen-bond acceptors (Lipinski definition) is 3. The number of rotatable bonds is 4. The highest BCUT2D eigenvalue weighted by molar-refractivity contribution is 5.85. The first kappa shape index (κ1) is 19.5. The molecule has 2 rings (SSSR count). The number of nitrogens with zero attached hydrogens (tertiary/aromatic N) is 2. The van der Waals surface area contributed by atoms with E-state index in [0.717, 1.165) is 0 Å². The van der Waals surface area contributed by atoms with Crippen LogP contribution in [0.1, 0.15) is 0 Å². The maximum atomic E-state index is 13.3. The molecule has 0 saturated carbocycles. The minimum absolute atomic E-state index is 0. The lowest BCUT2D eigenvalue weighted by Gasteiger charge is -2.34. The Hall–Kier alpha value is -1.54. The van der Waals surface area contributed by atoms with Gasteiger partial charge >= 0.3 is 6.18 Å². The molecule has 0 unspecified atom stereocenters. The molecule has 1 aromatic carbocycles. The molecule has 1 heterocycles. The van der Waals surface area contributed by atoms with Gasteiger partial charge in [0, 0.05) is 26.2 Å². The Kier molecular flexibility index (Phi) is 7.08. The summed E-state index contributed by atoms with van der Waals surface area (Å²) in [7, 11) is 0. The smallest absolute Gasteiger partial charge is 0.401 e. The standard InChI is InChI=1S/C14H16F4N2O2.ClH/c15-11-3-1-2-4-12(11)22-9-13(21)20-7-5-19(6-8-20)10-14(16,17)18;/h1-4H,5-10H2;1H. The lowest BCUT2D eigenvalue weighted by Crippen LogP contribution is -2.51. The molecule has 0 spiro atoms. The van der Waals surface area contributed by atoms with Crippen LogP contribution in [0.4, 0.5) is 17.6 Å². The predicted octanol–water partition coefficient (Wildman–Crippen LogP) is 2.33. The van der Waals surface area contributed by atoms with E-state index in [-0.39, 0.29) is 56.8 Å². The highest BCUT2D eigenvalue weighted by atomic mass is 35.5. The summed E-state index contributed by atoms with van der Waals surface area (Å²) < 4.78 is 55.2. The van der Waals surface area contributed by atoms with Gasteiger partial charge in [0.25, 0.3) is 5.91 Å². The molecule has 0 atom stereocenters. The van der Waals surface area contributed by atoms with Gasteiger partial charge in [0.15, 0.2) is 18.2 Å². The zero-order valence-electron chi connectivity index (χ0n) is 12.2. The molecule has 0 aliphatic carbocycles. The van der Waals surface area contributed by atoms with Gasteiger partial charge in [0.1, 0.15) is 0 Å². The number of carbonyl (C=O) groups is 1. The van der Waals surface area contributed by atoms with Crippen LogP contribution in [0.15, 0.2) is 24.3 Å². The number of para-hydroxylation sites is 1. The molecule has 130 valence electrons. The minimum Gasteiger partial charge on any atom is -0.481 e. The molecule has 0 radical (unpaired) electrons.